The maximum atomic E-state index is 13.1. The highest BCUT2D eigenvalue weighted by Gasteiger charge is 2.51. The first-order valence-corrected chi connectivity index (χ1v) is 9.25. The SMILES string of the molecule is CCCN1CCC2(CCN(C(=O)c3c[nH]c(=O)c4ccccc34)C2)C1=O. The summed E-state index contributed by atoms with van der Waals surface area (Å²) in [7, 11) is 0. The minimum atomic E-state index is -0.414. The van der Waals surface area contributed by atoms with Gasteiger partial charge in [-0.25, -0.2) is 0 Å². The minimum absolute atomic E-state index is 0.115. The van der Waals surface area contributed by atoms with Crippen LogP contribution < -0.4 is 5.56 Å². The first-order valence-electron chi connectivity index (χ1n) is 9.25. The number of benzene rings is 1. The molecule has 1 N–H and O–H groups in total. The van der Waals surface area contributed by atoms with Crippen LogP contribution in [0.1, 0.15) is 36.5 Å². The Hall–Kier alpha value is -2.63. The molecule has 3 heterocycles. The fourth-order valence-corrected chi connectivity index (χ4v) is 4.36. The Labute approximate surface area is 151 Å². The van der Waals surface area contributed by atoms with E-state index in [4.69, 9.17) is 0 Å². The molecule has 2 saturated heterocycles. The van der Waals surface area contributed by atoms with Crippen molar-refractivity contribution in [3.05, 3.63) is 46.4 Å². The van der Waals surface area contributed by atoms with Crippen molar-refractivity contribution in [2.24, 2.45) is 5.41 Å². The van der Waals surface area contributed by atoms with Crippen molar-refractivity contribution in [2.45, 2.75) is 26.2 Å². The Morgan fingerprint density at radius 2 is 1.88 bits per heavy atom. The molecule has 0 radical (unpaired) electrons. The highest BCUT2D eigenvalue weighted by Crippen LogP contribution is 2.41. The fourth-order valence-electron chi connectivity index (χ4n) is 4.36. The third-order valence-electron chi connectivity index (χ3n) is 5.78. The Balaban J connectivity index is 1.61. The van der Waals surface area contributed by atoms with Gasteiger partial charge in [0.25, 0.3) is 11.5 Å². The molecule has 6 nitrogen and oxygen atoms in total. The van der Waals surface area contributed by atoms with Gasteiger partial charge in [0.1, 0.15) is 0 Å². The zero-order valence-corrected chi connectivity index (χ0v) is 15.0. The van der Waals surface area contributed by atoms with Gasteiger partial charge in [-0.2, -0.15) is 0 Å². The molecule has 0 aliphatic carbocycles. The molecule has 6 heteroatoms. The molecule has 4 rings (SSSR count). The Morgan fingerprint density at radius 3 is 2.65 bits per heavy atom. The lowest BCUT2D eigenvalue weighted by atomic mass is 9.85. The molecule has 1 unspecified atom stereocenters. The summed E-state index contributed by atoms with van der Waals surface area (Å²) in [5.41, 5.74) is -0.118. The first-order chi connectivity index (χ1) is 12.6. The maximum absolute atomic E-state index is 13.1. The molecule has 1 spiro atoms. The molecule has 2 aromatic rings. The van der Waals surface area contributed by atoms with E-state index in [0.717, 1.165) is 32.4 Å². The topological polar surface area (TPSA) is 73.5 Å². The highest BCUT2D eigenvalue weighted by atomic mass is 16.2. The Kier molecular flexibility index (Phi) is 4.05. The van der Waals surface area contributed by atoms with Crippen molar-refractivity contribution in [3.63, 3.8) is 0 Å². The fraction of sp³-hybridized carbons (Fsp3) is 0.450. The summed E-state index contributed by atoms with van der Waals surface area (Å²) in [6.07, 6.45) is 3.99. The van der Waals surface area contributed by atoms with Gasteiger partial charge in [-0.05, 0) is 25.3 Å². The van der Waals surface area contributed by atoms with E-state index < -0.39 is 5.41 Å². The second-order valence-corrected chi connectivity index (χ2v) is 7.38. The summed E-state index contributed by atoms with van der Waals surface area (Å²) >= 11 is 0. The zero-order valence-electron chi connectivity index (χ0n) is 15.0. The number of amides is 2. The van der Waals surface area contributed by atoms with Crippen molar-refractivity contribution in [3.8, 4) is 0 Å². The van der Waals surface area contributed by atoms with Gasteiger partial charge in [0.15, 0.2) is 0 Å². The number of H-pyrrole nitrogens is 1. The highest BCUT2D eigenvalue weighted by molar-refractivity contribution is 6.06. The molecule has 2 amide bonds. The average Bonchev–Trinajstić information content (AvgIpc) is 3.22. The lowest BCUT2D eigenvalue weighted by molar-refractivity contribution is -0.135. The largest absolute Gasteiger partial charge is 0.342 e. The van der Waals surface area contributed by atoms with Crippen molar-refractivity contribution >= 4 is 22.6 Å². The molecule has 2 fully saturated rings. The quantitative estimate of drug-likeness (QED) is 0.917. The number of carbonyl (C=O) groups excluding carboxylic acids is 2. The Bertz CT molecular complexity index is 935. The number of likely N-dealkylation sites (tertiary alicyclic amines) is 2. The monoisotopic (exact) mass is 353 g/mol. The smallest absolute Gasteiger partial charge is 0.256 e. The zero-order chi connectivity index (χ0) is 18.3. The number of pyridine rings is 1. The third-order valence-corrected chi connectivity index (χ3v) is 5.78. The molecule has 2 aliphatic rings. The van der Waals surface area contributed by atoms with Gasteiger partial charge in [0.05, 0.1) is 11.0 Å². The number of hydrogen-bond donors (Lipinski definition) is 1. The first kappa shape index (κ1) is 16.8. The van der Waals surface area contributed by atoms with E-state index in [1.165, 1.54) is 6.20 Å². The molecular weight excluding hydrogens is 330 g/mol. The van der Waals surface area contributed by atoms with Crippen LogP contribution in [0.5, 0.6) is 0 Å². The van der Waals surface area contributed by atoms with E-state index in [1.807, 2.05) is 11.0 Å². The molecule has 0 saturated carbocycles. The average molecular weight is 353 g/mol. The number of aromatic nitrogens is 1. The predicted octanol–water partition coefficient (Wildman–Crippen LogP) is 2.00. The lowest BCUT2D eigenvalue weighted by Crippen LogP contribution is -2.38. The number of nitrogens with zero attached hydrogens (tertiary/aromatic N) is 2. The molecule has 1 aromatic carbocycles. The van der Waals surface area contributed by atoms with Crippen LogP contribution >= 0.6 is 0 Å². The molecule has 136 valence electrons. The summed E-state index contributed by atoms with van der Waals surface area (Å²) in [4.78, 5) is 44.3. The number of carbonyl (C=O) groups is 2. The van der Waals surface area contributed by atoms with Crippen LogP contribution in [0.4, 0.5) is 0 Å². The second-order valence-electron chi connectivity index (χ2n) is 7.38. The lowest BCUT2D eigenvalue weighted by Gasteiger charge is -2.23. The van der Waals surface area contributed by atoms with Crippen LogP contribution in [-0.4, -0.2) is 52.8 Å². The van der Waals surface area contributed by atoms with Crippen LogP contribution in [0.15, 0.2) is 35.3 Å². The van der Waals surface area contributed by atoms with Gasteiger partial charge < -0.3 is 14.8 Å². The number of aromatic amines is 1. The van der Waals surface area contributed by atoms with Crippen LogP contribution in [0.25, 0.3) is 10.8 Å². The van der Waals surface area contributed by atoms with E-state index in [2.05, 4.69) is 11.9 Å². The predicted molar refractivity (Wildman–Crippen MR) is 99.0 cm³/mol. The molecule has 26 heavy (non-hydrogen) atoms. The van der Waals surface area contributed by atoms with E-state index in [9.17, 15) is 14.4 Å². The summed E-state index contributed by atoms with van der Waals surface area (Å²) in [5, 5.41) is 1.17. The number of nitrogens with one attached hydrogen (secondary N) is 1. The second kappa shape index (κ2) is 6.27. The molecular formula is C20H23N3O3. The summed E-state index contributed by atoms with van der Waals surface area (Å²) in [6, 6.07) is 7.14. The van der Waals surface area contributed by atoms with Gasteiger partial charge in [-0.3, -0.25) is 14.4 Å². The van der Waals surface area contributed by atoms with Gasteiger partial charge in [-0.15, -0.1) is 0 Å². The molecule has 1 aromatic heterocycles. The minimum Gasteiger partial charge on any atom is -0.342 e. The number of rotatable bonds is 3. The molecule has 1 atom stereocenters. The standard InChI is InChI=1S/C20H23N3O3/c1-2-9-22-10-7-20(19(22)26)8-11-23(13-20)18(25)16-12-21-17(24)15-6-4-3-5-14(15)16/h3-6,12H,2,7-11,13H2,1H3,(H,21,24). The van der Waals surface area contributed by atoms with Crippen LogP contribution in [0, 0.1) is 5.41 Å². The van der Waals surface area contributed by atoms with Crippen LogP contribution in [0.2, 0.25) is 0 Å². The van der Waals surface area contributed by atoms with E-state index in [-0.39, 0.29) is 17.4 Å². The van der Waals surface area contributed by atoms with E-state index in [1.54, 1.807) is 23.1 Å². The van der Waals surface area contributed by atoms with Gasteiger partial charge in [0.2, 0.25) is 5.91 Å². The Morgan fingerprint density at radius 1 is 1.15 bits per heavy atom. The number of fused-ring (bicyclic) bond motifs is 1. The summed E-state index contributed by atoms with van der Waals surface area (Å²) in [5.74, 6) is 0.0806. The summed E-state index contributed by atoms with van der Waals surface area (Å²) < 4.78 is 0. The van der Waals surface area contributed by atoms with E-state index >= 15 is 0 Å². The van der Waals surface area contributed by atoms with Crippen molar-refractivity contribution < 1.29 is 9.59 Å². The van der Waals surface area contributed by atoms with Crippen molar-refractivity contribution in [2.75, 3.05) is 26.2 Å². The molecule has 2 aliphatic heterocycles. The van der Waals surface area contributed by atoms with Gasteiger partial charge >= 0.3 is 0 Å². The number of hydrogen-bond acceptors (Lipinski definition) is 3. The summed E-state index contributed by atoms with van der Waals surface area (Å²) in [6.45, 7) is 4.70. The van der Waals surface area contributed by atoms with Gasteiger partial charge in [-0.1, -0.05) is 25.1 Å². The maximum Gasteiger partial charge on any atom is 0.256 e. The van der Waals surface area contributed by atoms with Crippen molar-refractivity contribution in [1.82, 2.24) is 14.8 Å². The van der Waals surface area contributed by atoms with Crippen LogP contribution in [-0.2, 0) is 4.79 Å². The normalized spacial score (nSPS) is 22.7. The van der Waals surface area contributed by atoms with Crippen LogP contribution in [0.3, 0.4) is 0 Å². The van der Waals surface area contributed by atoms with Gasteiger partial charge in [0, 0.05) is 43.1 Å². The van der Waals surface area contributed by atoms with E-state index in [0.29, 0.717) is 29.4 Å². The van der Waals surface area contributed by atoms with Crippen molar-refractivity contribution in [1.29, 1.82) is 0 Å². The third kappa shape index (κ3) is 2.52. The molecule has 0 bridgehead atoms.